The first-order chi connectivity index (χ1) is 5.43. The molecule has 0 aromatic rings. The van der Waals surface area contributed by atoms with Crippen LogP contribution in [-0.2, 0) is 0 Å². The molecule has 0 amide bonds. The van der Waals surface area contributed by atoms with Crippen molar-refractivity contribution < 1.29 is 18.3 Å². The van der Waals surface area contributed by atoms with E-state index in [1.807, 2.05) is 0 Å². The van der Waals surface area contributed by atoms with Crippen LogP contribution in [0, 0.1) is 0 Å². The van der Waals surface area contributed by atoms with E-state index in [0.717, 1.165) is 6.08 Å². The van der Waals surface area contributed by atoms with E-state index in [2.05, 4.69) is 15.9 Å². The largest absolute Gasteiger partial charge is 0.413 e. The molecule has 0 aromatic heterocycles. The van der Waals surface area contributed by atoms with Gasteiger partial charge in [0.1, 0.15) is 0 Å². The second-order valence-corrected chi connectivity index (χ2v) is 3.69. The average Bonchev–Trinajstić information content (AvgIpc) is 1.92. The van der Waals surface area contributed by atoms with Crippen molar-refractivity contribution in [2.75, 3.05) is 0 Å². The number of rotatable bonds is 0. The standard InChI is InChI=1S/C7H8BrF3O/c8-6-4(7(9,10)11)2-1-3-5(6)12/h2,5-6,12H,1,3H2/t5-,6-/m0/s1. The molecular weight excluding hydrogens is 237 g/mol. The predicted molar refractivity (Wildman–Crippen MR) is 42.1 cm³/mol. The second-order valence-electron chi connectivity index (χ2n) is 2.70. The van der Waals surface area contributed by atoms with Gasteiger partial charge in [0, 0.05) is 5.57 Å². The minimum absolute atomic E-state index is 0.290. The van der Waals surface area contributed by atoms with Crippen LogP contribution >= 0.6 is 15.9 Å². The van der Waals surface area contributed by atoms with Gasteiger partial charge < -0.3 is 5.11 Å². The summed E-state index contributed by atoms with van der Waals surface area (Å²) in [5, 5.41) is 9.12. The van der Waals surface area contributed by atoms with Crippen LogP contribution in [0.2, 0.25) is 0 Å². The normalized spacial score (nSPS) is 31.6. The molecule has 0 unspecified atom stereocenters. The average molecular weight is 245 g/mol. The van der Waals surface area contributed by atoms with E-state index in [1.54, 1.807) is 0 Å². The van der Waals surface area contributed by atoms with Gasteiger partial charge in [-0.3, -0.25) is 0 Å². The molecule has 0 aromatic carbocycles. The predicted octanol–water partition coefficient (Wildman–Crippen LogP) is 2.39. The Labute approximate surface area is 76.4 Å². The van der Waals surface area contributed by atoms with Crippen LogP contribution in [0.3, 0.4) is 0 Å². The zero-order valence-electron chi connectivity index (χ0n) is 6.11. The highest BCUT2D eigenvalue weighted by Crippen LogP contribution is 2.37. The molecule has 1 aliphatic carbocycles. The Morgan fingerprint density at radius 2 is 2.08 bits per heavy atom. The molecule has 1 rings (SSSR count). The number of hydrogen-bond acceptors (Lipinski definition) is 1. The number of aliphatic hydroxyl groups excluding tert-OH is 1. The van der Waals surface area contributed by atoms with Crippen molar-refractivity contribution in [2.24, 2.45) is 0 Å². The van der Waals surface area contributed by atoms with Crippen molar-refractivity contribution in [2.45, 2.75) is 29.9 Å². The van der Waals surface area contributed by atoms with Crippen molar-refractivity contribution in [3.05, 3.63) is 11.6 Å². The fourth-order valence-electron chi connectivity index (χ4n) is 1.15. The summed E-state index contributed by atoms with van der Waals surface area (Å²) in [5.74, 6) is 0. The van der Waals surface area contributed by atoms with Crippen LogP contribution in [0.25, 0.3) is 0 Å². The Bertz CT molecular complexity index is 199. The SMILES string of the molecule is O[C@H]1CCC=C(C(F)(F)F)[C@@H]1Br. The van der Waals surface area contributed by atoms with Crippen LogP contribution in [0.4, 0.5) is 13.2 Å². The van der Waals surface area contributed by atoms with Gasteiger partial charge in [0.25, 0.3) is 0 Å². The minimum Gasteiger partial charge on any atom is -0.392 e. The third-order valence-corrected chi connectivity index (χ3v) is 2.89. The quantitative estimate of drug-likeness (QED) is 0.513. The lowest BCUT2D eigenvalue weighted by Crippen LogP contribution is -2.32. The first kappa shape index (κ1) is 10.1. The molecule has 0 bridgehead atoms. The summed E-state index contributed by atoms with van der Waals surface area (Å²) in [4.78, 5) is -0.966. The van der Waals surface area contributed by atoms with E-state index in [-0.39, 0.29) is 6.42 Å². The molecule has 0 fully saturated rings. The lowest BCUT2D eigenvalue weighted by atomic mass is 9.96. The number of alkyl halides is 4. The van der Waals surface area contributed by atoms with Gasteiger partial charge >= 0.3 is 6.18 Å². The van der Waals surface area contributed by atoms with E-state index < -0.39 is 22.7 Å². The maximum atomic E-state index is 12.2. The van der Waals surface area contributed by atoms with Crippen LogP contribution in [0.5, 0.6) is 0 Å². The molecule has 0 radical (unpaired) electrons. The molecule has 1 nitrogen and oxygen atoms in total. The highest BCUT2D eigenvalue weighted by atomic mass is 79.9. The number of aliphatic hydroxyl groups is 1. The molecule has 1 aliphatic rings. The van der Waals surface area contributed by atoms with E-state index in [4.69, 9.17) is 5.11 Å². The third kappa shape index (κ3) is 2.01. The molecule has 0 saturated heterocycles. The Morgan fingerprint density at radius 1 is 1.50 bits per heavy atom. The molecule has 0 heterocycles. The maximum absolute atomic E-state index is 12.2. The first-order valence-corrected chi connectivity index (χ1v) is 4.44. The smallest absolute Gasteiger partial charge is 0.392 e. The third-order valence-electron chi connectivity index (χ3n) is 1.79. The van der Waals surface area contributed by atoms with Gasteiger partial charge in [-0.1, -0.05) is 22.0 Å². The molecule has 12 heavy (non-hydrogen) atoms. The van der Waals surface area contributed by atoms with E-state index in [9.17, 15) is 13.2 Å². The van der Waals surface area contributed by atoms with E-state index in [0.29, 0.717) is 6.42 Å². The van der Waals surface area contributed by atoms with Gasteiger partial charge in [-0.25, -0.2) is 0 Å². The maximum Gasteiger partial charge on any atom is 0.413 e. The fraction of sp³-hybridized carbons (Fsp3) is 0.714. The summed E-state index contributed by atoms with van der Waals surface area (Å²) in [6.45, 7) is 0. The summed E-state index contributed by atoms with van der Waals surface area (Å²) >= 11 is 2.82. The van der Waals surface area contributed by atoms with Gasteiger partial charge in [0.15, 0.2) is 0 Å². The van der Waals surface area contributed by atoms with Crippen LogP contribution in [0.15, 0.2) is 11.6 Å². The summed E-state index contributed by atoms with van der Waals surface area (Å²) in [6.07, 6.45) is -3.44. The Kier molecular flexibility index (Phi) is 2.83. The van der Waals surface area contributed by atoms with E-state index >= 15 is 0 Å². The summed E-state index contributed by atoms with van der Waals surface area (Å²) in [5.41, 5.74) is -0.666. The van der Waals surface area contributed by atoms with Crippen molar-refractivity contribution in [1.29, 1.82) is 0 Å². The molecule has 0 aliphatic heterocycles. The summed E-state index contributed by atoms with van der Waals surface area (Å²) in [6, 6.07) is 0. The Balaban J connectivity index is 2.82. The van der Waals surface area contributed by atoms with Crippen molar-refractivity contribution in [3.63, 3.8) is 0 Å². The number of allylic oxidation sites excluding steroid dienone is 1. The van der Waals surface area contributed by atoms with Gasteiger partial charge in [0.2, 0.25) is 0 Å². The van der Waals surface area contributed by atoms with Gasteiger partial charge in [-0.05, 0) is 12.8 Å². The Hall–Kier alpha value is -0.0300. The topological polar surface area (TPSA) is 20.2 Å². The number of halogens is 4. The van der Waals surface area contributed by atoms with Gasteiger partial charge in [-0.15, -0.1) is 0 Å². The van der Waals surface area contributed by atoms with Crippen LogP contribution < -0.4 is 0 Å². The van der Waals surface area contributed by atoms with Gasteiger partial charge in [-0.2, -0.15) is 13.2 Å². The Morgan fingerprint density at radius 3 is 2.50 bits per heavy atom. The van der Waals surface area contributed by atoms with Crippen LogP contribution in [-0.4, -0.2) is 22.2 Å². The van der Waals surface area contributed by atoms with Gasteiger partial charge in [0.05, 0.1) is 10.9 Å². The number of hydrogen-bond donors (Lipinski definition) is 1. The lowest BCUT2D eigenvalue weighted by molar-refractivity contribution is -0.0973. The summed E-state index contributed by atoms with van der Waals surface area (Å²) in [7, 11) is 0. The molecule has 70 valence electrons. The fourth-order valence-corrected chi connectivity index (χ4v) is 1.86. The molecular formula is C7H8BrF3O. The molecule has 0 spiro atoms. The first-order valence-electron chi connectivity index (χ1n) is 3.52. The molecule has 0 saturated carbocycles. The summed E-state index contributed by atoms with van der Waals surface area (Å²) < 4.78 is 36.5. The molecule has 1 N–H and O–H groups in total. The van der Waals surface area contributed by atoms with Crippen molar-refractivity contribution >= 4 is 15.9 Å². The minimum atomic E-state index is -4.32. The van der Waals surface area contributed by atoms with E-state index in [1.165, 1.54) is 0 Å². The van der Waals surface area contributed by atoms with Crippen LogP contribution in [0.1, 0.15) is 12.8 Å². The second kappa shape index (κ2) is 3.38. The van der Waals surface area contributed by atoms with Crippen molar-refractivity contribution in [3.8, 4) is 0 Å². The highest BCUT2D eigenvalue weighted by molar-refractivity contribution is 9.09. The molecule has 2 atom stereocenters. The monoisotopic (exact) mass is 244 g/mol. The highest BCUT2D eigenvalue weighted by Gasteiger charge is 2.41. The lowest BCUT2D eigenvalue weighted by Gasteiger charge is -2.25. The zero-order chi connectivity index (χ0) is 9.35. The zero-order valence-corrected chi connectivity index (χ0v) is 7.69. The van der Waals surface area contributed by atoms with Crippen molar-refractivity contribution in [1.82, 2.24) is 0 Å². The molecule has 5 heteroatoms.